The predicted octanol–water partition coefficient (Wildman–Crippen LogP) is 8.12. The molecule has 190 valence electrons. The van der Waals surface area contributed by atoms with Gasteiger partial charge in [-0.2, -0.15) is 0 Å². The minimum Gasteiger partial charge on any atom is -0.465 e. The summed E-state index contributed by atoms with van der Waals surface area (Å²) in [7, 11) is 0. The van der Waals surface area contributed by atoms with Crippen molar-refractivity contribution in [3.63, 3.8) is 0 Å². The Morgan fingerprint density at radius 3 is 1.22 bits per heavy atom. The fourth-order valence-corrected chi connectivity index (χ4v) is 4.04. The van der Waals surface area contributed by atoms with Crippen LogP contribution in [0.25, 0.3) is 0 Å². The Morgan fingerprint density at radius 1 is 0.531 bits per heavy atom. The zero-order valence-corrected chi connectivity index (χ0v) is 22.3. The molecule has 0 spiro atoms. The second-order valence-electron chi connectivity index (χ2n) is 10.3. The van der Waals surface area contributed by atoms with Gasteiger partial charge in [-0.05, 0) is 37.5 Å². The zero-order chi connectivity index (χ0) is 24.2. The van der Waals surface area contributed by atoms with Crippen LogP contribution in [-0.2, 0) is 19.1 Å². The van der Waals surface area contributed by atoms with Gasteiger partial charge in [-0.3, -0.25) is 9.59 Å². The third-order valence-corrected chi connectivity index (χ3v) is 6.17. The highest BCUT2D eigenvalue weighted by Crippen LogP contribution is 2.27. The SMILES string of the molecule is CCCCC(C(=O)OCCCCCC(C)C)C(CCCC)C(=O)OCCCCCC(C)C. The molecule has 2 unspecified atom stereocenters. The topological polar surface area (TPSA) is 52.6 Å². The number of hydrogen-bond acceptors (Lipinski definition) is 4. The van der Waals surface area contributed by atoms with E-state index in [0.29, 0.717) is 26.1 Å². The summed E-state index contributed by atoms with van der Waals surface area (Å²) >= 11 is 0. The Morgan fingerprint density at radius 2 is 0.906 bits per heavy atom. The molecule has 0 N–H and O–H groups in total. The molecular weight excluding hydrogens is 400 g/mol. The quantitative estimate of drug-likeness (QED) is 0.130. The summed E-state index contributed by atoms with van der Waals surface area (Å²) in [5.41, 5.74) is 0. The van der Waals surface area contributed by atoms with E-state index in [0.717, 1.165) is 63.2 Å². The number of rotatable bonds is 21. The van der Waals surface area contributed by atoms with E-state index in [-0.39, 0.29) is 23.8 Å². The van der Waals surface area contributed by atoms with Crippen LogP contribution in [-0.4, -0.2) is 25.2 Å². The maximum absolute atomic E-state index is 12.9. The van der Waals surface area contributed by atoms with Crippen molar-refractivity contribution in [2.24, 2.45) is 23.7 Å². The summed E-state index contributed by atoms with van der Waals surface area (Å²) in [6.07, 6.45) is 14.1. The van der Waals surface area contributed by atoms with Gasteiger partial charge in [0.1, 0.15) is 0 Å². The normalized spacial score (nSPS) is 13.4. The fourth-order valence-electron chi connectivity index (χ4n) is 4.04. The predicted molar refractivity (Wildman–Crippen MR) is 135 cm³/mol. The molecule has 0 aromatic rings. The fraction of sp³-hybridized carbons (Fsp3) is 0.929. The van der Waals surface area contributed by atoms with Crippen LogP contribution in [0.1, 0.15) is 131 Å². The molecule has 0 rings (SSSR count). The lowest BCUT2D eigenvalue weighted by Crippen LogP contribution is -2.33. The Hall–Kier alpha value is -1.06. The van der Waals surface area contributed by atoms with E-state index in [1.54, 1.807) is 0 Å². The lowest BCUT2D eigenvalue weighted by Gasteiger charge is -2.24. The number of carbonyl (C=O) groups excluding carboxylic acids is 2. The Kier molecular flexibility index (Phi) is 19.9. The van der Waals surface area contributed by atoms with E-state index in [2.05, 4.69) is 41.5 Å². The van der Waals surface area contributed by atoms with Crippen molar-refractivity contribution in [2.75, 3.05) is 13.2 Å². The van der Waals surface area contributed by atoms with Gasteiger partial charge in [-0.1, -0.05) is 106 Å². The first-order valence-corrected chi connectivity index (χ1v) is 13.7. The van der Waals surface area contributed by atoms with Gasteiger partial charge in [0, 0.05) is 0 Å². The van der Waals surface area contributed by atoms with Gasteiger partial charge in [0.05, 0.1) is 25.0 Å². The van der Waals surface area contributed by atoms with Gasteiger partial charge in [0.25, 0.3) is 0 Å². The van der Waals surface area contributed by atoms with Crippen molar-refractivity contribution in [3.05, 3.63) is 0 Å². The molecular formula is C28H54O4. The number of hydrogen-bond donors (Lipinski definition) is 0. The minimum absolute atomic E-state index is 0.197. The van der Waals surface area contributed by atoms with Crippen LogP contribution < -0.4 is 0 Å². The van der Waals surface area contributed by atoms with Crippen LogP contribution in [0.3, 0.4) is 0 Å². The standard InChI is InChI=1S/C28H54O4/c1-7-9-19-25(27(29)31-21-15-11-13-17-23(3)4)26(20-10-8-2)28(30)32-22-16-12-14-18-24(5)6/h23-26H,7-22H2,1-6H3. The molecule has 0 aromatic heterocycles. The number of ether oxygens (including phenoxy) is 2. The zero-order valence-electron chi connectivity index (χ0n) is 22.3. The first-order chi connectivity index (χ1) is 15.3. The summed E-state index contributed by atoms with van der Waals surface area (Å²) in [5.74, 6) is 0.304. The molecule has 0 saturated carbocycles. The molecule has 32 heavy (non-hydrogen) atoms. The van der Waals surface area contributed by atoms with E-state index in [9.17, 15) is 9.59 Å². The van der Waals surface area contributed by atoms with Crippen LogP contribution in [0.2, 0.25) is 0 Å². The van der Waals surface area contributed by atoms with E-state index in [1.807, 2.05) is 0 Å². The maximum Gasteiger partial charge on any atom is 0.309 e. The van der Waals surface area contributed by atoms with Crippen LogP contribution in [0.4, 0.5) is 0 Å². The summed E-state index contributed by atoms with van der Waals surface area (Å²) in [6.45, 7) is 14.1. The molecule has 0 bridgehead atoms. The van der Waals surface area contributed by atoms with Crippen LogP contribution in [0.15, 0.2) is 0 Å². The van der Waals surface area contributed by atoms with Gasteiger partial charge < -0.3 is 9.47 Å². The number of unbranched alkanes of at least 4 members (excludes halogenated alkanes) is 6. The van der Waals surface area contributed by atoms with Gasteiger partial charge in [-0.15, -0.1) is 0 Å². The van der Waals surface area contributed by atoms with Crippen molar-refractivity contribution in [3.8, 4) is 0 Å². The van der Waals surface area contributed by atoms with Crippen LogP contribution >= 0.6 is 0 Å². The summed E-state index contributed by atoms with van der Waals surface area (Å²) in [6, 6.07) is 0. The lowest BCUT2D eigenvalue weighted by atomic mass is 9.84. The molecule has 0 amide bonds. The molecule has 0 saturated heterocycles. The Bertz CT molecular complexity index is 416. The van der Waals surface area contributed by atoms with E-state index < -0.39 is 0 Å². The van der Waals surface area contributed by atoms with Crippen molar-refractivity contribution in [1.82, 2.24) is 0 Å². The van der Waals surface area contributed by atoms with E-state index >= 15 is 0 Å². The van der Waals surface area contributed by atoms with Crippen molar-refractivity contribution in [1.29, 1.82) is 0 Å². The molecule has 0 aliphatic carbocycles. The second kappa shape index (κ2) is 20.5. The molecule has 4 nitrogen and oxygen atoms in total. The van der Waals surface area contributed by atoms with Crippen molar-refractivity contribution < 1.29 is 19.1 Å². The Balaban J connectivity index is 4.73. The monoisotopic (exact) mass is 454 g/mol. The molecule has 4 heteroatoms. The minimum atomic E-state index is -0.370. The largest absolute Gasteiger partial charge is 0.465 e. The van der Waals surface area contributed by atoms with Gasteiger partial charge in [0.2, 0.25) is 0 Å². The molecule has 0 aliphatic heterocycles. The van der Waals surface area contributed by atoms with Crippen LogP contribution in [0, 0.1) is 23.7 Å². The third kappa shape index (κ3) is 16.6. The summed E-state index contributed by atoms with van der Waals surface area (Å²) in [5, 5.41) is 0. The summed E-state index contributed by atoms with van der Waals surface area (Å²) in [4.78, 5) is 25.9. The highest BCUT2D eigenvalue weighted by molar-refractivity contribution is 5.82. The maximum atomic E-state index is 12.9. The first kappa shape index (κ1) is 30.9. The molecule has 0 aliphatic rings. The average molecular weight is 455 g/mol. The van der Waals surface area contributed by atoms with Crippen molar-refractivity contribution in [2.45, 2.75) is 131 Å². The molecule has 0 aromatic carbocycles. The third-order valence-electron chi connectivity index (χ3n) is 6.17. The first-order valence-electron chi connectivity index (χ1n) is 13.7. The molecule has 0 heterocycles. The second-order valence-corrected chi connectivity index (χ2v) is 10.3. The highest BCUT2D eigenvalue weighted by Gasteiger charge is 2.35. The van der Waals surface area contributed by atoms with E-state index in [1.165, 1.54) is 25.7 Å². The van der Waals surface area contributed by atoms with Crippen LogP contribution in [0.5, 0.6) is 0 Å². The van der Waals surface area contributed by atoms with Gasteiger partial charge in [-0.25, -0.2) is 0 Å². The van der Waals surface area contributed by atoms with Gasteiger partial charge >= 0.3 is 11.9 Å². The lowest BCUT2D eigenvalue weighted by molar-refractivity contribution is -0.161. The number of esters is 2. The van der Waals surface area contributed by atoms with Gasteiger partial charge in [0.15, 0.2) is 0 Å². The highest BCUT2D eigenvalue weighted by atomic mass is 16.5. The Labute approximate surface area is 199 Å². The smallest absolute Gasteiger partial charge is 0.309 e. The molecule has 0 fully saturated rings. The molecule has 0 radical (unpaired) electrons. The summed E-state index contributed by atoms with van der Waals surface area (Å²) < 4.78 is 11.3. The molecule has 2 atom stereocenters. The van der Waals surface area contributed by atoms with Crippen molar-refractivity contribution >= 4 is 11.9 Å². The van der Waals surface area contributed by atoms with E-state index in [4.69, 9.17) is 9.47 Å². The number of carbonyl (C=O) groups is 2. The average Bonchev–Trinajstić information content (AvgIpc) is 2.74.